The molecular weight excluding hydrogens is 389 g/mol. The molecule has 2 fully saturated rings. The Kier molecular flexibility index (Phi) is 6.94. The first-order valence-electron chi connectivity index (χ1n) is 9.94. The number of hydrogen-bond donors (Lipinski definition) is 1. The van der Waals surface area contributed by atoms with E-state index in [1.807, 2.05) is 6.08 Å². The Morgan fingerprint density at radius 1 is 1.24 bits per heavy atom. The molecule has 3 aliphatic rings. The van der Waals surface area contributed by atoms with E-state index in [0.717, 1.165) is 56.8 Å². The number of halogens is 3. The smallest absolute Gasteiger partial charge is 0.475 e. The second kappa shape index (κ2) is 9.25. The summed E-state index contributed by atoms with van der Waals surface area (Å²) in [6.45, 7) is 8.54. The third kappa shape index (κ3) is 6.27. The van der Waals surface area contributed by atoms with Gasteiger partial charge in [0.05, 0.1) is 18.3 Å². The van der Waals surface area contributed by atoms with Gasteiger partial charge in [-0.2, -0.15) is 13.2 Å². The zero-order valence-electron chi connectivity index (χ0n) is 16.3. The molecule has 29 heavy (non-hydrogen) atoms. The van der Waals surface area contributed by atoms with Crippen LogP contribution in [0.5, 0.6) is 0 Å². The van der Waals surface area contributed by atoms with Crippen LogP contribution in [0.1, 0.15) is 43.1 Å². The second-order valence-corrected chi connectivity index (χ2v) is 7.88. The van der Waals surface area contributed by atoms with Crippen molar-refractivity contribution < 1.29 is 27.8 Å². The summed E-state index contributed by atoms with van der Waals surface area (Å²) in [5, 5.41) is 16.1. The molecule has 162 valence electrons. The standard InChI is InChI=1S/C17H26N4O.C2HF3O2/c1-2-8-20-9-7-15-17(16(20)12-22-11-14-5-6-14)18-19-21(15)10-13-3-4-13;3-2(4,5)1(6)7/h2,13-14,16H,1,3-12H2;(H,6,7). The van der Waals surface area contributed by atoms with Gasteiger partial charge in [-0.05, 0) is 37.5 Å². The topological polar surface area (TPSA) is 80.5 Å². The first kappa shape index (κ1) is 21.8. The van der Waals surface area contributed by atoms with Crippen molar-refractivity contribution in [3.05, 3.63) is 24.0 Å². The average molecular weight is 416 g/mol. The largest absolute Gasteiger partial charge is 0.490 e. The number of alkyl halides is 3. The number of nitrogens with zero attached hydrogens (tertiary/aromatic N) is 4. The van der Waals surface area contributed by atoms with Gasteiger partial charge >= 0.3 is 12.1 Å². The Bertz CT molecular complexity index is 714. The van der Waals surface area contributed by atoms with Crippen LogP contribution in [0, 0.1) is 11.8 Å². The first-order chi connectivity index (χ1) is 13.8. The van der Waals surface area contributed by atoms with E-state index in [2.05, 4.69) is 26.5 Å². The SMILES string of the molecule is C=CCN1CCc2c(nnn2CC2CC2)C1COCC1CC1.O=C(O)C(F)(F)F. The zero-order chi connectivity index (χ0) is 21.0. The van der Waals surface area contributed by atoms with Crippen LogP contribution in [0.15, 0.2) is 12.7 Å². The van der Waals surface area contributed by atoms with Crippen molar-refractivity contribution in [2.75, 3.05) is 26.3 Å². The van der Waals surface area contributed by atoms with Crippen LogP contribution in [0.2, 0.25) is 0 Å². The third-order valence-electron chi connectivity index (χ3n) is 5.32. The number of rotatable bonds is 8. The quantitative estimate of drug-likeness (QED) is 0.657. The lowest BCUT2D eigenvalue weighted by molar-refractivity contribution is -0.192. The Morgan fingerprint density at radius 3 is 2.45 bits per heavy atom. The molecule has 0 amide bonds. The minimum Gasteiger partial charge on any atom is -0.475 e. The van der Waals surface area contributed by atoms with Crippen LogP contribution in [-0.2, 0) is 22.5 Å². The molecule has 2 heterocycles. The van der Waals surface area contributed by atoms with Crippen molar-refractivity contribution in [3.8, 4) is 0 Å². The monoisotopic (exact) mass is 416 g/mol. The van der Waals surface area contributed by atoms with Crippen molar-refractivity contribution in [1.82, 2.24) is 19.9 Å². The number of carbonyl (C=O) groups is 1. The van der Waals surface area contributed by atoms with Gasteiger partial charge in [-0.3, -0.25) is 4.90 Å². The van der Waals surface area contributed by atoms with Gasteiger partial charge in [0.25, 0.3) is 0 Å². The zero-order valence-corrected chi connectivity index (χ0v) is 16.3. The van der Waals surface area contributed by atoms with E-state index in [4.69, 9.17) is 14.6 Å². The highest BCUT2D eigenvalue weighted by atomic mass is 19.4. The third-order valence-corrected chi connectivity index (χ3v) is 5.32. The minimum absolute atomic E-state index is 0.244. The van der Waals surface area contributed by atoms with Crippen LogP contribution in [0.25, 0.3) is 0 Å². The molecule has 0 aromatic carbocycles. The Labute approximate surface area is 167 Å². The van der Waals surface area contributed by atoms with Gasteiger partial charge in [-0.1, -0.05) is 11.3 Å². The van der Waals surface area contributed by atoms with Gasteiger partial charge in [0.2, 0.25) is 0 Å². The lowest BCUT2D eigenvalue weighted by atomic mass is 10.0. The molecule has 1 aliphatic heterocycles. The van der Waals surface area contributed by atoms with E-state index >= 15 is 0 Å². The van der Waals surface area contributed by atoms with Gasteiger partial charge < -0.3 is 9.84 Å². The fourth-order valence-electron chi connectivity index (χ4n) is 3.33. The molecule has 1 aromatic heterocycles. The molecular formula is C19H27F3N4O3. The molecule has 0 bridgehead atoms. The maximum Gasteiger partial charge on any atom is 0.490 e. The number of aliphatic carboxylic acids is 1. The predicted octanol–water partition coefficient (Wildman–Crippen LogP) is 2.83. The van der Waals surface area contributed by atoms with Crippen LogP contribution in [0.4, 0.5) is 13.2 Å². The molecule has 1 unspecified atom stereocenters. The van der Waals surface area contributed by atoms with Gasteiger partial charge in [-0.25, -0.2) is 9.48 Å². The molecule has 1 atom stereocenters. The Balaban J connectivity index is 0.000000298. The van der Waals surface area contributed by atoms with E-state index in [1.54, 1.807) is 0 Å². The number of hydrogen-bond acceptors (Lipinski definition) is 5. The van der Waals surface area contributed by atoms with Gasteiger partial charge in [0, 0.05) is 32.7 Å². The van der Waals surface area contributed by atoms with Crippen molar-refractivity contribution in [2.24, 2.45) is 11.8 Å². The van der Waals surface area contributed by atoms with Gasteiger partial charge in [0.15, 0.2) is 0 Å². The lowest BCUT2D eigenvalue weighted by Gasteiger charge is -2.33. The maximum atomic E-state index is 10.6. The van der Waals surface area contributed by atoms with Gasteiger partial charge in [-0.15, -0.1) is 11.7 Å². The normalized spacial score (nSPS) is 21.8. The number of ether oxygens (including phenoxy) is 1. The molecule has 0 saturated heterocycles. The van der Waals surface area contributed by atoms with E-state index in [-0.39, 0.29) is 6.04 Å². The summed E-state index contributed by atoms with van der Waals surface area (Å²) in [5.74, 6) is -1.12. The first-order valence-corrected chi connectivity index (χ1v) is 9.94. The number of aromatic nitrogens is 3. The van der Waals surface area contributed by atoms with Crippen LogP contribution < -0.4 is 0 Å². The van der Waals surface area contributed by atoms with Crippen molar-refractivity contribution in [1.29, 1.82) is 0 Å². The van der Waals surface area contributed by atoms with Crippen molar-refractivity contribution in [2.45, 2.75) is 50.9 Å². The summed E-state index contributed by atoms with van der Waals surface area (Å²) in [6, 6.07) is 0.244. The fourth-order valence-corrected chi connectivity index (χ4v) is 3.33. The molecule has 1 aromatic rings. The fraction of sp³-hybridized carbons (Fsp3) is 0.737. The summed E-state index contributed by atoms with van der Waals surface area (Å²) >= 11 is 0. The van der Waals surface area contributed by atoms with Crippen LogP contribution in [-0.4, -0.2) is 63.4 Å². The lowest BCUT2D eigenvalue weighted by Crippen LogP contribution is -2.38. The molecule has 0 spiro atoms. The highest BCUT2D eigenvalue weighted by Crippen LogP contribution is 2.34. The molecule has 10 heteroatoms. The van der Waals surface area contributed by atoms with Crippen LogP contribution >= 0.6 is 0 Å². The molecule has 2 saturated carbocycles. The number of fused-ring (bicyclic) bond motifs is 1. The van der Waals surface area contributed by atoms with Crippen LogP contribution in [0.3, 0.4) is 0 Å². The molecule has 7 nitrogen and oxygen atoms in total. The molecule has 2 aliphatic carbocycles. The maximum absolute atomic E-state index is 10.6. The minimum atomic E-state index is -5.08. The summed E-state index contributed by atoms with van der Waals surface area (Å²) in [4.78, 5) is 11.3. The summed E-state index contributed by atoms with van der Waals surface area (Å²) in [7, 11) is 0. The average Bonchev–Trinajstić information content (AvgIpc) is 3.57. The van der Waals surface area contributed by atoms with E-state index in [1.165, 1.54) is 31.4 Å². The highest BCUT2D eigenvalue weighted by molar-refractivity contribution is 5.73. The second-order valence-electron chi connectivity index (χ2n) is 7.88. The highest BCUT2D eigenvalue weighted by Gasteiger charge is 2.38. The summed E-state index contributed by atoms with van der Waals surface area (Å²) in [6.07, 6.45) is 3.32. The van der Waals surface area contributed by atoms with Gasteiger partial charge in [0.1, 0.15) is 5.69 Å². The predicted molar refractivity (Wildman–Crippen MR) is 98.2 cm³/mol. The van der Waals surface area contributed by atoms with E-state index in [9.17, 15) is 13.2 Å². The number of carboxylic acids is 1. The Morgan fingerprint density at radius 2 is 1.90 bits per heavy atom. The van der Waals surface area contributed by atoms with E-state index < -0.39 is 12.1 Å². The van der Waals surface area contributed by atoms with Crippen molar-refractivity contribution in [3.63, 3.8) is 0 Å². The molecule has 4 rings (SSSR count). The Hall–Kier alpha value is -1.94. The van der Waals surface area contributed by atoms with Crippen molar-refractivity contribution >= 4 is 5.97 Å². The number of carboxylic acid groups (broad SMARTS) is 1. The van der Waals surface area contributed by atoms with E-state index in [0.29, 0.717) is 0 Å². The summed E-state index contributed by atoms with van der Waals surface area (Å²) in [5.41, 5.74) is 2.48. The molecule has 1 N–H and O–H groups in total. The summed E-state index contributed by atoms with van der Waals surface area (Å²) < 4.78 is 39.9. The molecule has 0 radical (unpaired) electrons.